The fraction of sp³-hybridized carbons (Fsp3) is 0.0196. The number of benzene rings is 8. The molecule has 55 heavy (non-hydrogen) atoms. The summed E-state index contributed by atoms with van der Waals surface area (Å²) in [4.78, 5) is 10.4. The fourth-order valence-corrected chi connectivity index (χ4v) is 7.51. The van der Waals surface area contributed by atoms with Gasteiger partial charge in [0.15, 0.2) is 5.84 Å². The summed E-state index contributed by atoms with van der Waals surface area (Å²) in [6.45, 7) is 0. The van der Waals surface area contributed by atoms with Crippen LogP contribution in [0.2, 0.25) is 0 Å². The second-order valence-electron chi connectivity index (χ2n) is 13.8. The lowest BCUT2D eigenvalue weighted by atomic mass is 9.98. The molecule has 0 amide bonds. The minimum Gasteiger partial charge on any atom is -0.456 e. The zero-order chi connectivity index (χ0) is 36.6. The molecule has 0 spiro atoms. The van der Waals surface area contributed by atoms with Crippen LogP contribution in [-0.4, -0.2) is 11.7 Å². The molecule has 1 atom stereocenters. The Balaban J connectivity index is 1.06. The van der Waals surface area contributed by atoms with E-state index < -0.39 is 0 Å². The number of fused-ring (bicyclic) bond motifs is 3. The third-order valence-electron chi connectivity index (χ3n) is 10.4. The molecular weight excluding hydrogens is 671 g/mol. The highest BCUT2D eigenvalue weighted by atomic mass is 16.3. The molecule has 4 heteroatoms. The Kier molecular flexibility index (Phi) is 8.19. The smallest absolute Gasteiger partial charge is 0.159 e. The first kappa shape index (κ1) is 32.4. The predicted molar refractivity (Wildman–Crippen MR) is 227 cm³/mol. The van der Waals surface area contributed by atoms with Crippen LogP contribution in [0.4, 0.5) is 0 Å². The molecule has 2 heterocycles. The number of hydrogen-bond donors (Lipinski definition) is 1. The van der Waals surface area contributed by atoms with Crippen LogP contribution in [0.25, 0.3) is 66.4 Å². The second kappa shape index (κ2) is 13.9. The van der Waals surface area contributed by atoms with Gasteiger partial charge in [-0.15, -0.1) is 0 Å². The molecule has 0 bridgehead atoms. The van der Waals surface area contributed by atoms with Crippen molar-refractivity contribution in [3.8, 4) is 44.5 Å². The van der Waals surface area contributed by atoms with Gasteiger partial charge in [-0.3, -0.25) is 0 Å². The Morgan fingerprint density at radius 3 is 1.44 bits per heavy atom. The zero-order valence-corrected chi connectivity index (χ0v) is 29.9. The first-order valence-electron chi connectivity index (χ1n) is 18.6. The van der Waals surface area contributed by atoms with Crippen LogP contribution in [-0.2, 0) is 0 Å². The molecule has 1 aliphatic rings. The third-order valence-corrected chi connectivity index (χ3v) is 10.4. The molecule has 4 nitrogen and oxygen atoms in total. The molecular formula is C51H35N3O. The average molecular weight is 706 g/mol. The first-order valence-corrected chi connectivity index (χ1v) is 18.6. The van der Waals surface area contributed by atoms with Crippen molar-refractivity contribution < 1.29 is 4.42 Å². The van der Waals surface area contributed by atoms with E-state index in [-0.39, 0.29) is 6.17 Å². The zero-order valence-electron chi connectivity index (χ0n) is 29.9. The molecule has 1 unspecified atom stereocenters. The van der Waals surface area contributed by atoms with E-state index in [0.717, 1.165) is 66.7 Å². The van der Waals surface area contributed by atoms with Gasteiger partial charge in [0.2, 0.25) is 0 Å². The van der Waals surface area contributed by atoms with Gasteiger partial charge in [-0.25, -0.2) is 9.98 Å². The maximum atomic E-state index is 6.47. The molecule has 9 aromatic rings. The van der Waals surface area contributed by atoms with E-state index in [0.29, 0.717) is 5.84 Å². The van der Waals surface area contributed by atoms with Crippen LogP contribution in [0.3, 0.4) is 0 Å². The van der Waals surface area contributed by atoms with Gasteiger partial charge in [-0.1, -0.05) is 182 Å². The van der Waals surface area contributed by atoms with Crippen LogP contribution in [0.15, 0.2) is 215 Å². The Labute approximate surface area is 319 Å². The number of rotatable bonds is 7. The maximum Gasteiger partial charge on any atom is 0.159 e. The van der Waals surface area contributed by atoms with Crippen molar-refractivity contribution in [2.75, 3.05) is 0 Å². The molecule has 1 N–H and O–H groups in total. The van der Waals surface area contributed by atoms with E-state index in [4.69, 9.17) is 14.4 Å². The summed E-state index contributed by atoms with van der Waals surface area (Å²) < 4.78 is 6.47. The summed E-state index contributed by atoms with van der Waals surface area (Å²) >= 11 is 0. The lowest BCUT2D eigenvalue weighted by Crippen LogP contribution is -2.33. The predicted octanol–water partition coefficient (Wildman–Crippen LogP) is 12.7. The number of nitrogens with zero attached hydrogens (tertiary/aromatic N) is 2. The van der Waals surface area contributed by atoms with Crippen molar-refractivity contribution in [3.63, 3.8) is 0 Å². The first-order chi connectivity index (χ1) is 27.2. The Morgan fingerprint density at radius 1 is 0.400 bits per heavy atom. The SMILES string of the molecule is c1ccc(-c2ccc(C3=NC(c4ccc(-c5ccccc5)cc4)NC(c4cccc5oc6ccc(-c7ccc(-c8ccccc8)cc7)cc6c45)=N3)cc2)cc1. The van der Waals surface area contributed by atoms with E-state index in [1.54, 1.807) is 0 Å². The summed E-state index contributed by atoms with van der Waals surface area (Å²) in [6, 6.07) is 69.9. The van der Waals surface area contributed by atoms with Crippen LogP contribution in [0.1, 0.15) is 22.9 Å². The van der Waals surface area contributed by atoms with Crippen molar-refractivity contribution in [3.05, 3.63) is 217 Å². The Hall–Kier alpha value is -7.30. The van der Waals surface area contributed by atoms with Crippen molar-refractivity contribution >= 4 is 33.6 Å². The largest absolute Gasteiger partial charge is 0.456 e. The quantitative estimate of drug-likeness (QED) is 0.179. The minimum absolute atomic E-state index is 0.353. The molecule has 8 aromatic carbocycles. The maximum absolute atomic E-state index is 6.47. The van der Waals surface area contributed by atoms with E-state index in [2.05, 4.69) is 175 Å². The number of furan rings is 1. The van der Waals surface area contributed by atoms with E-state index in [1.165, 1.54) is 22.3 Å². The van der Waals surface area contributed by atoms with Gasteiger partial charge in [0.25, 0.3) is 0 Å². The topological polar surface area (TPSA) is 49.9 Å². The standard InChI is InChI=1S/C51H35N3O/c1-4-11-34(12-5-1)37-19-21-40(22-20-37)43-31-32-46-45(33-43)48-44(17-10-18-47(48)55-46)51-53-49(41-27-23-38(24-28-41)35-13-6-2-7-14-35)52-50(54-51)42-29-25-39(26-30-42)36-15-8-3-9-16-36/h1-33,49H,(H,52,53,54). The summed E-state index contributed by atoms with van der Waals surface area (Å²) in [5.74, 6) is 1.43. The molecule has 260 valence electrons. The van der Waals surface area contributed by atoms with E-state index in [9.17, 15) is 0 Å². The summed E-state index contributed by atoms with van der Waals surface area (Å²) in [7, 11) is 0. The van der Waals surface area contributed by atoms with Crippen molar-refractivity contribution in [2.45, 2.75) is 6.17 Å². The highest BCUT2D eigenvalue weighted by molar-refractivity contribution is 6.22. The summed E-state index contributed by atoms with van der Waals surface area (Å²) in [5.41, 5.74) is 14.0. The number of nitrogens with one attached hydrogen (secondary N) is 1. The van der Waals surface area contributed by atoms with Crippen LogP contribution in [0, 0.1) is 0 Å². The Morgan fingerprint density at radius 2 is 0.873 bits per heavy atom. The van der Waals surface area contributed by atoms with Gasteiger partial charge in [0.1, 0.15) is 23.2 Å². The molecule has 10 rings (SSSR count). The highest BCUT2D eigenvalue weighted by Crippen LogP contribution is 2.36. The van der Waals surface area contributed by atoms with Gasteiger partial charge in [0, 0.05) is 21.9 Å². The molecule has 1 aromatic heterocycles. The molecule has 0 saturated heterocycles. The van der Waals surface area contributed by atoms with Crippen LogP contribution < -0.4 is 5.32 Å². The van der Waals surface area contributed by atoms with Gasteiger partial charge in [-0.05, 0) is 68.3 Å². The third kappa shape index (κ3) is 6.30. The summed E-state index contributed by atoms with van der Waals surface area (Å²) in [5, 5.41) is 5.78. The van der Waals surface area contributed by atoms with Gasteiger partial charge in [0.05, 0.1) is 0 Å². The molecule has 0 fully saturated rings. The molecule has 0 radical (unpaired) electrons. The van der Waals surface area contributed by atoms with Crippen molar-refractivity contribution in [1.29, 1.82) is 0 Å². The number of hydrogen-bond acceptors (Lipinski definition) is 4. The molecule has 1 aliphatic heterocycles. The number of aliphatic imine (C=N–C) groups is 2. The normalized spacial score (nSPS) is 14.0. The number of amidine groups is 2. The van der Waals surface area contributed by atoms with Gasteiger partial charge >= 0.3 is 0 Å². The fourth-order valence-electron chi connectivity index (χ4n) is 7.51. The monoisotopic (exact) mass is 705 g/mol. The lowest BCUT2D eigenvalue weighted by molar-refractivity contribution is 0.668. The van der Waals surface area contributed by atoms with Crippen molar-refractivity contribution in [2.24, 2.45) is 9.98 Å². The van der Waals surface area contributed by atoms with Gasteiger partial charge < -0.3 is 9.73 Å². The molecule has 0 aliphatic carbocycles. The van der Waals surface area contributed by atoms with E-state index in [1.807, 2.05) is 30.3 Å². The van der Waals surface area contributed by atoms with Crippen LogP contribution in [0.5, 0.6) is 0 Å². The highest BCUT2D eigenvalue weighted by Gasteiger charge is 2.24. The minimum atomic E-state index is -0.353. The average Bonchev–Trinajstić information content (AvgIpc) is 3.66. The molecule has 0 saturated carbocycles. The van der Waals surface area contributed by atoms with Crippen molar-refractivity contribution in [1.82, 2.24) is 5.32 Å². The van der Waals surface area contributed by atoms with Crippen LogP contribution >= 0.6 is 0 Å². The van der Waals surface area contributed by atoms with Gasteiger partial charge in [-0.2, -0.15) is 0 Å². The lowest BCUT2D eigenvalue weighted by Gasteiger charge is -2.24. The summed E-state index contributed by atoms with van der Waals surface area (Å²) in [6.07, 6.45) is -0.353. The second-order valence-corrected chi connectivity index (χ2v) is 13.8. The van der Waals surface area contributed by atoms with E-state index >= 15 is 0 Å². The Bertz CT molecular complexity index is 2840.